The molecule has 2 amide bonds. The first-order valence-corrected chi connectivity index (χ1v) is 11.2. The van der Waals surface area contributed by atoms with E-state index < -0.39 is 18.1 Å². The van der Waals surface area contributed by atoms with Crippen LogP contribution in [0.5, 0.6) is 0 Å². The van der Waals surface area contributed by atoms with Gasteiger partial charge in [0.1, 0.15) is 12.6 Å². The maximum atomic E-state index is 13.0. The Balaban J connectivity index is 1.22. The first-order valence-electron chi connectivity index (χ1n) is 11.2. The first kappa shape index (κ1) is 21.7. The highest BCUT2D eigenvalue weighted by atomic mass is 16.5. The predicted molar refractivity (Wildman–Crippen MR) is 127 cm³/mol. The Kier molecular flexibility index (Phi) is 5.53. The Hall–Kier alpha value is -4.13. The van der Waals surface area contributed by atoms with Gasteiger partial charge in [0.15, 0.2) is 0 Å². The number of carbonyl (C=O) groups is 3. The molecule has 0 spiro atoms. The lowest BCUT2D eigenvalue weighted by molar-refractivity contribution is -0.120. The Morgan fingerprint density at radius 2 is 1.68 bits per heavy atom. The molecule has 1 aliphatic heterocycles. The van der Waals surface area contributed by atoms with Gasteiger partial charge in [0, 0.05) is 18.2 Å². The number of ether oxygens (including phenoxy) is 1. The molecule has 7 heteroatoms. The van der Waals surface area contributed by atoms with Crippen molar-refractivity contribution in [3.8, 4) is 11.1 Å². The van der Waals surface area contributed by atoms with E-state index in [0.717, 1.165) is 27.8 Å². The maximum absolute atomic E-state index is 13.0. The fraction of sp³-hybridized carbons (Fsp3) is 0.222. The van der Waals surface area contributed by atoms with Crippen LogP contribution in [0, 0.1) is 0 Å². The lowest BCUT2D eigenvalue weighted by Gasteiger charge is -2.22. The number of fused-ring (bicyclic) bond motifs is 4. The summed E-state index contributed by atoms with van der Waals surface area (Å²) in [5.74, 6) is -1.33. The Labute approximate surface area is 197 Å². The number of nitrogens with zero attached hydrogens (tertiary/aromatic N) is 1. The Morgan fingerprint density at radius 3 is 2.32 bits per heavy atom. The van der Waals surface area contributed by atoms with E-state index in [-0.39, 0.29) is 24.0 Å². The molecular weight excluding hydrogens is 432 g/mol. The van der Waals surface area contributed by atoms with Crippen molar-refractivity contribution >= 4 is 23.7 Å². The molecule has 5 rings (SSSR count). The van der Waals surface area contributed by atoms with Crippen molar-refractivity contribution < 1.29 is 24.2 Å². The summed E-state index contributed by atoms with van der Waals surface area (Å²) in [5.41, 5.74) is 6.21. The number of amides is 2. The van der Waals surface area contributed by atoms with E-state index in [1.165, 1.54) is 6.07 Å². The Bertz CT molecular complexity index is 1260. The number of rotatable bonds is 5. The molecule has 3 aromatic rings. The highest BCUT2D eigenvalue weighted by Gasteiger charge is 2.31. The van der Waals surface area contributed by atoms with Gasteiger partial charge in [-0.2, -0.15) is 0 Å². The molecule has 2 aliphatic rings. The van der Waals surface area contributed by atoms with Crippen LogP contribution in [0.15, 0.2) is 66.7 Å². The van der Waals surface area contributed by atoms with Crippen LogP contribution in [0.25, 0.3) is 11.1 Å². The van der Waals surface area contributed by atoms with Crippen molar-refractivity contribution in [1.29, 1.82) is 0 Å². The van der Waals surface area contributed by atoms with Crippen molar-refractivity contribution in [3.63, 3.8) is 0 Å². The van der Waals surface area contributed by atoms with E-state index in [0.29, 0.717) is 18.7 Å². The topological polar surface area (TPSA) is 95.9 Å². The predicted octanol–water partition coefficient (Wildman–Crippen LogP) is 4.20. The van der Waals surface area contributed by atoms with Crippen LogP contribution in [-0.4, -0.2) is 42.3 Å². The van der Waals surface area contributed by atoms with Crippen molar-refractivity contribution in [3.05, 3.63) is 89.0 Å². The standard InChI is InChI=1S/C27H24N2O5/c1-16(25(30)29-13-12-17-14-18(26(31)32)10-11-24(17)29)28-27(33)34-15-23-21-8-4-2-6-19(21)20-7-3-5-9-22(20)23/h2-11,14,16,23H,12-13,15H2,1H3,(H,28,33)(H,31,32). The molecule has 1 heterocycles. The van der Waals surface area contributed by atoms with Gasteiger partial charge in [0.25, 0.3) is 0 Å². The van der Waals surface area contributed by atoms with Crippen LogP contribution in [0.1, 0.15) is 39.9 Å². The summed E-state index contributed by atoms with van der Waals surface area (Å²) >= 11 is 0. The van der Waals surface area contributed by atoms with Crippen molar-refractivity contribution in [2.75, 3.05) is 18.1 Å². The number of hydrogen-bond acceptors (Lipinski definition) is 4. The molecule has 7 nitrogen and oxygen atoms in total. The second-order valence-electron chi connectivity index (χ2n) is 8.58. The summed E-state index contributed by atoms with van der Waals surface area (Å²) < 4.78 is 5.55. The van der Waals surface area contributed by atoms with Gasteiger partial charge in [-0.15, -0.1) is 0 Å². The molecule has 0 saturated carbocycles. The molecule has 2 N–H and O–H groups in total. The van der Waals surface area contributed by atoms with Gasteiger partial charge in [0.05, 0.1) is 5.56 Å². The smallest absolute Gasteiger partial charge is 0.407 e. The minimum Gasteiger partial charge on any atom is -0.478 e. The van der Waals surface area contributed by atoms with Crippen LogP contribution in [0.3, 0.4) is 0 Å². The zero-order valence-corrected chi connectivity index (χ0v) is 18.7. The summed E-state index contributed by atoms with van der Waals surface area (Å²) in [4.78, 5) is 38.3. The number of carboxylic acids is 1. The maximum Gasteiger partial charge on any atom is 0.407 e. The van der Waals surface area contributed by atoms with Crippen LogP contribution in [0.2, 0.25) is 0 Å². The number of aromatic carboxylic acids is 1. The fourth-order valence-corrected chi connectivity index (χ4v) is 4.88. The number of benzene rings is 3. The van der Waals surface area contributed by atoms with Gasteiger partial charge in [-0.1, -0.05) is 48.5 Å². The molecule has 0 aromatic heterocycles. The van der Waals surface area contributed by atoms with Crippen LogP contribution in [0.4, 0.5) is 10.5 Å². The largest absolute Gasteiger partial charge is 0.478 e. The van der Waals surface area contributed by atoms with Crippen molar-refractivity contribution in [2.24, 2.45) is 0 Å². The zero-order valence-electron chi connectivity index (χ0n) is 18.7. The minimum absolute atomic E-state index is 0.0574. The van der Waals surface area contributed by atoms with E-state index >= 15 is 0 Å². The molecule has 34 heavy (non-hydrogen) atoms. The Morgan fingerprint density at radius 1 is 1.03 bits per heavy atom. The molecule has 0 fully saturated rings. The quantitative estimate of drug-likeness (QED) is 0.600. The molecule has 172 valence electrons. The number of alkyl carbamates (subject to hydrolysis) is 1. The number of hydrogen-bond donors (Lipinski definition) is 2. The first-order chi connectivity index (χ1) is 16.4. The van der Waals surface area contributed by atoms with Crippen LogP contribution >= 0.6 is 0 Å². The molecular formula is C27H24N2O5. The van der Waals surface area contributed by atoms with Crippen molar-refractivity contribution in [2.45, 2.75) is 25.3 Å². The van der Waals surface area contributed by atoms with Crippen LogP contribution < -0.4 is 10.2 Å². The molecule has 3 aromatic carbocycles. The lowest BCUT2D eigenvalue weighted by Crippen LogP contribution is -2.46. The summed E-state index contributed by atoms with van der Waals surface area (Å²) in [5, 5.41) is 11.8. The minimum atomic E-state index is -1.00. The van der Waals surface area contributed by atoms with E-state index in [2.05, 4.69) is 17.4 Å². The summed E-state index contributed by atoms with van der Waals surface area (Å²) in [6.45, 7) is 2.23. The average molecular weight is 456 g/mol. The summed E-state index contributed by atoms with van der Waals surface area (Å²) in [7, 11) is 0. The second-order valence-corrected chi connectivity index (χ2v) is 8.58. The molecule has 1 unspecified atom stereocenters. The molecule has 0 saturated heterocycles. The number of anilines is 1. The molecule has 0 bridgehead atoms. The molecule has 1 atom stereocenters. The number of carbonyl (C=O) groups excluding carboxylic acids is 2. The highest BCUT2D eigenvalue weighted by Crippen LogP contribution is 2.44. The average Bonchev–Trinajstić information content (AvgIpc) is 3.41. The van der Waals surface area contributed by atoms with E-state index in [1.54, 1.807) is 24.0 Å². The molecule has 0 radical (unpaired) electrons. The fourth-order valence-electron chi connectivity index (χ4n) is 4.88. The monoisotopic (exact) mass is 456 g/mol. The summed E-state index contributed by atoms with van der Waals surface area (Å²) in [6.07, 6.45) is -0.0804. The number of nitrogens with one attached hydrogen (secondary N) is 1. The van der Waals surface area contributed by atoms with E-state index in [4.69, 9.17) is 4.74 Å². The third-order valence-electron chi connectivity index (χ3n) is 6.54. The van der Waals surface area contributed by atoms with E-state index in [1.807, 2.05) is 36.4 Å². The van der Waals surface area contributed by atoms with Crippen molar-refractivity contribution in [1.82, 2.24) is 5.32 Å². The SMILES string of the molecule is CC(NC(=O)OCC1c2ccccc2-c2ccccc21)C(=O)N1CCc2cc(C(=O)O)ccc21. The normalized spacial score (nSPS) is 14.7. The van der Waals surface area contributed by atoms with Gasteiger partial charge in [-0.05, 0) is 59.4 Å². The van der Waals surface area contributed by atoms with Gasteiger partial charge in [-0.3, -0.25) is 4.79 Å². The third-order valence-corrected chi connectivity index (χ3v) is 6.54. The zero-order chi connectivity index (χ0) is 23.8. The van der Waals surface area contributed by atoms with Crippen LogP contribution in [-0.2, 0) is 16.0 Å². The van der Waals surface area contributed by atoms with Gasteiger partial charge >= 0.3 is 12.1 Å². The third kappa shape index (κ3) is 3.79. The second kappa shape index (κ2) is 8.67. The van der Waals surface area contributed by atoms with Gasteiger partial charge in [0.2, 0.25) is 5.91 Å². The molecule has 1 aliphatic carbocycles. The lowest BCUT2D eigenvalue weighted by atomic mass is 9.98. The number of carboxylic acid groups (broad SMARTS) is 1. The van der Waals surface area contributed by atoms with E-state index in [9.17, 15) is 19.5 Å². The van der Waals surface area contributed by atoms with Gasteiger partial charge < -0.3 is 20.1 Å². The highest BCUT2D eigenvalue weighted by molar-refractivity contribution is 6.00. The van der Waals surface area contributed by atoms with Gasteiger partial charge in [-0.25, -0.2) is 9.59 Å². The summed E-state index contributed by atoms with van der Waals surface area (Å²) in [6, 6.07) is 20.1.